The van der Waals surface area contributed by atoms with Crippen LogP contribution < -0.4 is 4.90 Å². The van der Waals surface area contributed by atoms with E-state index in [-0.39, 0.29) is 5.69 Å². The van der Waals surface area contributed by atoms with E-state index in [1.807, 2.05) is 4.90 Å². The fourth-order valence-corrected chi connectivity index (χ4v) is 2.63. The molecule has 0 aromatic heterocycles. The van der Waals surface area contributed by atoms with Crippen molar-refractivity contribution in [2.75, 3.05) is 18.0 Å². The van der Waals surface area contributed by atoms with Crippen LogP contribution in [0, 0.1) is 21.8 Å². The minimum atomic E-state index is -0.588. The van der Waals surface area contributed by atoms with E-state index < -0.39 is 10.7 Å². The lowest BCUT2D eigenvalue weighted by molar-refractivity contribution is -0.385. The number of rotatable bonds is 2. The average molecular weight is 317 g/mol. The normalized spacial score (nSPS) is 16.9. The van der Waals surface area contributed by atoms with E-state index in [1.54, 1.807) is 0 Å². The van der Waals surface area contributed by atoms with E-state index >= 15 is 0 Å². The standard InChI is InChI=1S/C12H14BrFN2O2/c1-8-2-4-15(5-3-8)12-6-9(13)11(16(17)18)7-10(12)14/h6-8H,2-5H2,1H3. The molecule has 1 aliphatic rings. The lowest BCUT2D eigenvalue weighted by atomic mass is 9.99. The minimum Gasteiger partial charge on any atom is -0.369 e. The van der Waals surface area contributed by atoms with Crippen molar-refractivity contribution in [1.82, 2.24) is 0 Å². The molecule has 1 saturated heterocycles. The molecule has 1 aromatic rings. The first kappa shape index (κ1) is 13.3. The van der Waals surface area contributed by atoms with E-state index in [0.717, 1.165) is 32.0 Å². The third-order valence-electron chi connectivity index (χ3n) is 3.34. The van der Waals surface area contributed by atoms with Crippen LogP contribution in [0.1, 0.15) is 19.8 Å². The van der Waals surface area contributed by atoms with Crippen molar-refractivity contribution in [2.45, 2.75) is 19.8 Å². The maximum absolute atomic E-state index is 13.9. The lowest BCUT2D eigenvalue weighted by Crippen LogP contribution is -2.33. The molecule has 0 aliphatic carbocycles. The summed E-state index contributed by atoms with van der Waals surface area (Å²) in [4.78, 5) is 12.1. The zero-order valence-electron chi connectivity index (χ0n) is 10.0. The Bertz CT molecular complexity index is 473. The molecular formula is C12H14BrFN2O2. The number of piperidine rings is 1. The summed E-state index contributed by atoms with van der Waals surface area (Å²) in [6.45, 7) is 3.77. The van der Waals surface area contributed by atoms with Gasteiger partial charge in [-0.1, -0.05) is 6.92 Å². The van der Waals surface area contributed by atoms with Crippen molar-refractivity contribution in [3.8, 4) is 0 Å². The molecule has 0 amide bonds. The van der Waals surface area contributed by atoms with Gasteiger partial charge in [-0.2, -0.15) is 0 Å². The molecule has 0 N–H and O–H groups in total. The Kier molecular flexibility index (Phi) is 3.85. The van der Waals surface area contributed by atoms with E-state index in [4.69, 9.17) is 0 Å². The zero-order valence-corrected chi connectivity index (χ0v) is 11.6. The quantitative estimate of drug-likeness (QED) is 0.617. The second kappa shape index (κ2) is 5.22. The van der Waals surface area contributed by atoms with Gasteiger partial charge in [0.05, 0.1) is 21.1 Å². The Morgan fingerprint density at radius 3 is 2.61 bits per heavy atom. The molecule has 2 rings (SSSR count). The van der Waals surface area contributed by atoms with Gasteiger partial charge >= 0.3 is 0 Å². The SMILES string of the molecule is CC1CCN(c2cc(Br)c([N+](=O)[O-])cc2F)CC1. The van der Waals surface area contributed by atoms with Crippen LogP contribution >= 0.6 is 15.9 Å². The minimum absolute atomic E-state index is 0.235. The molecule has 6 heteroatoms. The van der Waals surface area contributed by atoms with Crippen molar-refractivity contribution in [1.29, 1.82) is 0 Å². The van der Waals surface area contributed by atoms with Crippen LogP contribution in [0.3, 0.4) is 0 Å². The van der Waals surface area contributed by atoms with Gasteiger partial charge in [-0.15, -0.1) is 0 Å². The second-order valence-corrected chi connectivity index (χ2v) is 5.54. The maximum Gasteiger partial charge on any atom is 0.286 e. The Balaban J connectivity index is 2.29. The van der Waals surface area contributed by atoms with Crippen LogP contribution in [0.25, 0.3) is 0 Å². The zero-order chi connectivity index (χ0) is 13.3. The summed E-state index contributed by atoms with van der Waals surface area (Å²) in [7, 11) is 0. The first-order valence-electron chi connectivity index (χ1n) is 5.87. The largest absolute Gasteiger partial charge is 0.369 e. The van der Waals surface area contributed by atoms with Gasteiger partial charge in [-0.3, -0.25) is 10.1 Å². The van der Waals surface area contributed by atoms with Gasteiger partial charge in [0.25, 0.3) is 5.69 Å². The van der Waals surface area contributed by atoms with Crippen LogP contribution in [-0.2, 0) is 0 Å². The predicted octanol–water partition coefficient (Wildman–Crippen LogP) is 3.73. The van der Waals surface area contributed by atoms with Crippen LogP contribution in [0.4, 0.5) is 15.8 Å². The highest BCUT2D eigenvalue weighted by Gasteiger charge is 2.22. The van der Waals surface area contributed by atoms with Gasteiger partial charge < -0.3 is 4.90 Å². The third-order valence-corrected chi connectivity index (χ3v) is 3.97. The number of hydrogen-bond donors (Lipinski definition) is 0. The van der Waals surface area contributed by atoms with E-state index in [9.17, 15) is 14.5 Å². The molecule has 1 fully saturated rings. The molecule has 0 saturated carbocycles. The highest BCUT2D eigenvalue weighted by molar-refractivity contribution is 9.10. The van der Waals surface area contributed by atoms with Crippen molar-refractivity contribution >= 4 is 27.3 Å². The molecule has 0 spiro atoms. The highest BCUT2D eigenvalue weighted by Crippen LogP contribution is 2.33. The summed E-state index contributed by atoms with van der Waals surface area (Å²) in [5.74, 6) is 0.130. The average Bonchev–Trinajstić information content (AvgIpc) is 2.32. The van der Waals surface area contributed by atoms with Gasteiger partial charge in [0.1, 0.15) is 0 Å². The molecule has 18 heavy (non-hydrogen) atoms. The van der Waals surface area contributed by atoms with E-state index in [2.05, 4.69) is 22.9 Å². The van der Waals surface area contributed by atoms with Gasteiger partial charge in [0.15, 0.2) is 5.82 Å². The molecule has 0 unspecified atom stereocenters. The number of nitro groups is 1. The molecule has 0 radical (unpaired) electrons. The fourth-order valence-electron chi connectivity index (χ4n) is 2.16. The third kappa shape index (κ3) is 2.63. The van der Waals surface area contributed by atoms with Gasteiger partial charge in [-0.05, 0) is 40.8 Å². The van der Waals surface area contributed by atoms with E-state index in [0.29, 0.717) is 16.1 Å². The smallest absolute Gasteiger partial charge is 0.286 e. The summed E-state index contributed by atoms with van der Waals surface area (Å²) in [5, 5.41) is 10.7. The predicted molar refractivity (Wildman–Crippen MR) is 71.4 cm³/mol. The topological polar surface area (TPSA) is 46.4 Å². The molecule has 1 aliphatic heterocycles. The monoisotopic (exact) mass is 316 g/mol. The molecule has 0 atom stereocenters. The summed E-state index contributed by atoms with van der Waals surface area (Å²) < 4.78 is 14.2. The molecule has 1 aromatic carbocycles. The van der Waals surface area contributed by atoms with Crippen LogP contribution in [0.2, 0.25) is 0 Å². The summed E-state index contributed by atoms with van der Waals surface area (Å²) in [6.07, 6.45) is 2.04. The Hall–Kier alpha value is -1.17. The van der Waals surface area contributed by atoms with Crippen molar-refractivity contribution < 1.29 is 9.31 Å². The fraction of sp³-hybridized carbons (Fsp3) is 0.500. The number of nitro benzene ring substituents is 1. The first-order chi connectivity index (χ1) is 8.49. The van der Waals surface area contributed by atoms with Crippen LogP contribution in [0.5, 0.6) is 0 Å². The number of benzene rings is 1. The van der Waals surface area contributed by atoms with Crippen molar-refractivity contribution in [3.63, 3.8) is 0 Å². The number of halogens is 2. The van der Waals surface area contributed by atoms with Crippen LogP contribution in [0.15, 0.2) is 16.6 Å². The molecule has 1 heterocycles. The number of nitrogens with zero attached hydrogens (tertiary/aromatic N) is 2. The van der Waals surface area contributed by atoms with Gasteiger partial charge in [-0.25, -0.2) is 4.39 Å². The second-order valence-electron chi connectivity index (χ2n) is 4.68. The summed E-state index contributed by atoms with van der Waals surface area (Å²) in [6, 6.07) is 2.49. The summed E-state index contributed by atoms with van der Waals surface area (Å²) in [5.41, 5.74) is 0.209. The van der Waals surface area contributed by atoms with Crippen molar-refractivity contribution in [3.05, 3.63) is 32.5 Å². The molecule has 4 nitrogen and oxygen atoms in total. The highest BCUT2D eigenvalue weighted by atomic mass is 79.9. The number of anilines is 1. The maximum atomic E-state index is 13.9. The van der Waals surface area contributed by atoms with Crippen LogP contribution in [-0.4, -0.2) is 18.0 Å². The van der Waals surface area contributed by atoms with Crippen molar-refractivity contribution in [2.24, 2.45) is 5.92 Å². The summed E-state index contributed by atoms with van der Waals surface area (Å²) >= 11 is 3.13. The Morgan fingerprint density at radius 2 is 2.06 bits per heavy atom. The number of hydrogen-bond acceptors (Lipinski definition) is 3. The van der Waals surface area contributed by atoms with Gasteiger partial charge in [0.2, 0.25) is 0 Å². The van der Waals surface area contributed by atoms with Gasteiger partial charge in [0, 0.05) is 13.1 Å². The van der Waals surface area contributed by atoms with E-state index in [1.165, 1.54) is 6.07 Å². The first-order valence-corrected chi connectivity index (χ1v) is 6.66. The Morgan fingerprint density at radius 1 is 1.44 bits per heavy atom. The Labute approximate surface area is 113 Å². The molecule has 98 valence electrons. The lowest BCUT2D eigenvalue weighted by Gasteiger charge is -2.32. The molecular weight excluding hydrogens is 303 g/mol. The molecule has 0 bridgehead atoms.